The molecule has 13 heavy (non-hydrogen) atoms. The SMILES string of the molecule is FC1CCCN1Cc1ccccc1. The molecule has 0 saturated carbocycles. The maximum atomic E-state index is 13.2. The minimum atomic E-state index is -0.722. The molecule has 2 rings (SSSR count). The van der Waals surface area contributed by atoms with Crippen molar-refractivity contribution in [3.8, 4) is 0 Å². The van der Waals surface area contributed by atoms with Crippen molar-refractivity contribution in [3.63, 3.8) is 0 Å². The topological polar surface area (TPSA) is 3.24 Å². The fourth-order valence-corrected chi connectivity index (χ4v) is 1.78. The zero-order valence-electron chi connectivity index (χ0n) is 7.62. The van der Waals surface area contributed by atoms with E-state index < -0.39 is 6.30 Å². The summed E-state index contributed by atoms with van der Waals surface area (Å²) >= 11 is 0. The van der Waals surface area contributed by atoms with E-state index in [-0.39, 0.29) is 0 Å². The van der Waals surface area contributed by atoms with E-state index in [1.54, 1.807) is 0 Å². The molecule has 0 aromatic heterocycles. The number of likely N-dealkylation sites (tertiary alicyclic amines) is 1. The highest BCUT2D eigenvalue weighted by Crippen LogP contribution is 2.20. The number of hydrogen-bond donors (Lipinski definition) is 0. The van der Waals surface area contributed by atoms with Crippen LogP contribution in [0.25, 0.3) is 0 Å². The van der Waals surface area contributed by atoms with Crippen molar-refractivity contribution in [2.75, 3.05) is 6.54 Å². The van der Waals surface area contributed by atoms with Gasteiger partial charge < -0.3 is 0 Å². The molecule has 1 aliphatic rings. The molecule has 1 saturated heterocycles. The lowest BCUT2D eigenvalue weighted by molar-refractivity contribution is 0.120. The third-order valence-corrected chi connectivity index (χ3v) is 2.51. The summed E-state index contributed by atoms with van der Waals surface area (Å²) in [5.74, 6) is 0. The minimum absolute atomic E-state index is 0.701. The molecule has 1 heterocycles. The Morgan fingerprint density at radius 3 is 2.69 bits per heavy atom. The van der Waals surface area contributed by atoms with E-state index in [4.69, 9.17) is 0 Å². The second kappa shape index (κ2) is 3.88. The minimum Gasteiger partial charge on any atom is -0.270 e. The summed E-state index contributed by atoms with van der Waals surface area (Å²) in [6.07, 6.45) is 0.973. The van der Waals surface area contributed by atoms with Crippen molar-refractivity contribution in [1.82, 2.24) is 4.90 Å². The van der Waals surface area contributed by atoms with E-state index in [2.05, 4.69) is 0 Å². The van der Waals surface area contributed by atoms with Crippen molar-refractivity contribution >= 4 is 0 Å². The first-order chi connectivity index (χ1) is 6.36. The van der Waals surface area contributed by atoms with Gasteiger partial charge in [-0.1, -0.05) is 30.3 Å². The second-order valence-corrected chi connectivity index (χ2v) is 3.53. The van der Waals surface area contributed by atoms with Crippen LogP contribution in [0.15, 0.2) is 30.3 Å². The average Bonchev–Trinajstić information content (AvgIpc) is 2.54. The molecule has 0 amide bonds. The highest BCUT2D eigenvalue weighted by Gasteiger charge is 2.23. The van der Waals surface area contributed by atoms with Crippen LogP contribution in [0, 0.1) is 0 Å². The molecule has 1 aliphatic heterocycles. The molecule has 1 unspecified atom stereocenters. The third kappa shape index (κ3) is 2.07. The van der Waals surface area contributed by atoms with Crippen LogP contribution in [-0.4, -0.2) is 17.7 Å². The van der Waals surface area contributed by atoms with Crippen LogP contribution in [0.2, 0.25) is 0 Å². The number of halogens is 1. The van der Waals surface area contributed by atoms with E-state index >= 15 is 0 Å². The molecule has 1 nitrogen and oxygen atoms in total. The number of rotatable bonds is 2. The van der Waals surface area contributed by atoms with Crippen molar-refractivity contribution in [2.45, 2.75) is 25.7 Å². The number of hydrogen-bond acceptors (Lipinski definition) is 1. The first-order valence-electron chi connectivity index (χ1n) is 4.78. The van der Waals surface area contributed by atoms with Crippen LogP contribution in [0.5, 0.6) is 0 Å². The number of nitrogens with zero attached hydrogens (tertiary/aromatic N) is 1. The quantitative estimate of drug-likeness (QED) is 0.631. The van der Waals surface area contributed by atoms with Gasteiger partial charge in [0.15, 0.2) is 6.30 Å². The molecule has 0 aliphatic carbocycles. The van der Waals surface area contributed by atoms with Gasteiger partial charge in [0.25, 0.3) is 0 Å². The summed E-state index contributed by atoms with van der Waals surface area (Å²) in [4.78, 5) is 1.90. The lowest BCUT2D eigenvalue weighted by atomic mass is 10.2. The Morgan fingerprint density at radius 2 is 2.08 bits per heavy atom. The van der Waals surface area contributed by atoms with Gasteiger partial charge in [-0.05, 0) is 18.4 Å². The summed E-state index contributed by atoms with van der Waals surface area (Å²) in [5, 5.41) is 0. The Bertz CT molecular complexity index is 260. The highest BCUT2D eigenvalue weighted by atomic mass is 19.1. The van der Waals surface area contributed by atoms with Gasteiger partial charge in [-0.3, -0.25) is 4.90 Å². The Labute approximate surface area is 78.2 Å². The van der Waals surface area contributed by atoms with Gasteiger partial charge >= 0.3 is 0 Å². The van der Waals surface area contributed by atoms with Crippen LogP contribution in [-0.2, 0) is 6.54 Å². The monoisotopic (exact) mass is 179 g/mol. The van der Waals surface area contributed by atoms with Crippen molar-refractivity contribution in [2.24, 2.45) is 0 Å². The molecule has 0 bridgehead atoms. The predicted octanol–water partition coefficient (Wildman–Crippen LogP) is 2.58. The van der Waals surface area contributed by atoms with Crippen LogP contribution < -0.4 is 0 Å². The van der Waals surface area contributed by atoms with Crippen LogP contribution >= 0.6 is 0 Å². The van der Waals surface area contributed by atoms with Crippen LogP contribution in [0.4, 0.5) is 4.39 Å². The molecule has 2 heteroatoms. The van der Waals surface area contributed by atoms with E-state index in [1.165, 1.54) is 5.56 Å². The molecular weight excluding hydrogens is 165 g/mol. The summed E-state index contributed by atoms with van der Waals surface area (Å²) in [6, 6.07) is 10.1. The maximum absolute atomic E-state index is 13.2. The Balaban J connectivity index is 1.98. The van der Waals surface area contributed by atoms with Gasteiger partial charge in [0.2, 0.25) is 0 Å². The van der Waals surface area contributed by atoms with E-state index in [9.17, 15) is 4.39 Å². The molecule has 1 fully saturated rings. The zero-order valence-corrected chi connectivity index (χ0v) is 7.62. The lowest BCUT2D eigenvalue weighted by Gasteiger charge is -2.17. The molecular formula is C11H14FN. The Kier molecular flexibility index (Phi) is 2.60. The summed E-state index contributed by atoms with van der Waals surface area (Å²) < 4.78 is 13.2. The van der Waals surface area contributed by atoms with E-state index in [1.807, 2.05) is 35.2 Å². The average molecular weight is 179 g/mol. The number of alkyl halides is 1. The Hall–Kier alpha value is -0.890. The van der Waals surface area contributed by atoms with Crippen molar-refractivity contribution in [1.29, 1.82) is 0 Å². The van der Waals surface area contributed by atoms with Crippen LogP contribution in [0.3, 0.4) is 0 Å². The van der Waals surface area contributed by atoms with Gasteiger partial charge in [0.05, 0.1) is 0 Å². The molecule has 0 spiro atoms. The zero-order chi connectivity index (χ0) is 9.10. The van der Waals surface area contributed by atoms with Gasteiger partial charge in [0.1, 0.15) is 0 Å². The first kappa shape index (κ1) is 8.70. The normalized spacial score (nSPS) is 23.6. The molecule has 0 N–H and O–H groups in total. The van der Waals surface area contributed by atoms with Crippen LogP contribution in [0.1, 0.15) is 18.4 Å². The van der Waals surface area contributed by atoms with Crippen molar-refractivity contribution < 1.29 is 4.39 Å². The van der Waals surface area contributed by atoms with Gasteiger partial charge in [-0.15, -0.1) is 0 Å². The standard InChI is InChI=1S/C11H14FN/c12-11-7-4-8-13(11)9-10-5-2-1-3-6-10/h1-3,5-6,11H,4,7-9H2. The third-order valence-electron chi connectivity index (χ3n) is 2.51. The lowest BCUT2D eigenvalue weighted by Crippen LogP contribution is -2.25. The van der Waals surface area contributed by atoms with E-state index in [0.717, 1.165) is 19.5 Å². The summed E-state index contributed by atoms with van der Waals surface area (Å²) in [6.45, 7) is 1.65. The number of benzene rings is 1. The second-order valence-electron chi connectivity index (χ2n) is 3.53. The molecule has 1 atom stereocenters. The first-order valence-corrected chi connectivity index (χ1v) is 4.78. The maximum Gasteiger partial charge on any atom is 0.153 e. The largest absolute Gasteiger partial charge is 0.270 e. The highest BCUT2D eigenvalue weighted by molar-refractivity contribution is 5.14. The van der Waals surface area contributed by atoms with Crippen molar-refractivity contribution in [3.05, 3.63) is 35.9 Å². The summed E-state index contributed by atoms with van der Waals surface area (Å²) in [5.41, 5.74) is 1.20. The van der Waals surface area contributed by atoms with Gasteiger partial charge in [0, 0.05) is 13.1 Å². The van der Waals surface area contributed by atoms with E-state index in [0.29, 0.717) is 6.42 Å². The fourth-order valence-electron chi connectivity index (χ4n) is 1.78. The smallest absolute Gasteiger partial charge is 0.153 e. The van der Waals surface area contributed by atoms with Gasteiger partial charge in [-0.2, -0.15) is 0 Å². The fraction of sp³-hybridized carbons (Fsp3) is 0.455. The molecule has 1 aromatic rings. The molecule has 0 radical (unpaired) electrons. The Morgan fingerprint density at radius 1 is 1.31 bits per heavy atom. The van der Waals surface area contributed by atoms with Gasteiger partial charge in [-0.25, -0.2) is 4.39 Å². The molecule has 1 aromatic carbocycles. The predicted molar refractivity (Wildman–Crippen MR) is 51.0 cm³/mol. The molecule has 70 valence electrons. The summed E-state index contributed by atoms with van der Waals surface area (Å²) in [7, 11) is 0.